The second-order valence-electron chi connectivity index (χ2n) is 6.21. The van der Waals surface area contributed by atoms with Crippen LogP contribution in [0.2, 0.25) is 0 Å². The van der Waals surface area contributed by atoms with Gasteiger partial charge in [0, 0.05) is 0 Å². The Morgan fingerprint density at radius 2 is 1.52 bits per heavy atom. The largest absolute Gasteiger partial charge is 0.465 e. The predicted molar refractivity (Wildman–Crippen MR) is 98.0 cm³/mol. The number of carbonyl (C=O) groups is 2. The van der Waals surface area contributed by atoms with E-state index in [2.05, 4.69) is 13.8 Å². The van der Waals surface area contributed by atoms with E-state index in [1.807, 2.05) is 42.5 Å². The van der Waals surface area contributed by atoms with Crippen LogP contribution in [0, 0.1) is 5.92 Å². The van der Waals surface area contributed by atoms with Crippen molar-refractivity contribution >= 4 is 22.7 Å². The van der Waals surface area contributed by atoms with Gasteiger partial charge in [-0.2, -0.15) is 0 Å². The number of carbonyl (C=O) groups excluding carboxylic acids is 2. The van der Waals surface area contributed by atoms with Crippen LogP contribution in [0.4, 0.5) is 0 Å². The van der Waals surface area contributed by atoms with Crippen molar-refractivity contribution in [2.75, 3.05) is 6.61 Å². The van der Waals surface area contributed by atoms with Crippen LogP contribution in [0.15, 0.2) is 42.5 Å². The highest BCUT2D eigenvalue weighted by atomic mass is 16.5. The van der Waals surface area contributed by atoms with Crippen LogP contribution in [-0.4, -0.2) is 18.5 Å². The predicted octanol–water partition coefficient (Wildman–Crippen LogP) is 4.64. The maximum atomic E-state index is 11.8. The third-order valence-electron chi connectivity index (χ3n) is 4.38. The van der Waals surface area contributed by atoms with Crippen LogP contribution in [-0.2, 0) is 25.7 Å². The third-order valence-corrected chi connectivity index (χ3v) is 4.38. The van der Waals surface area contributed by atoms with Crippen molar-refractivity contribution in [3.63, 3.8) is 0 Å². The van der Waals surface area contributed by atoms with Crippen LogP contribution in [0.1, 0.15) is 45.1 Å². The van der Waals surface area contributed by atoms with E-state index in [0.717, 1.165) is 29.2 Å². The molecule has 0 aliphatic heterocycles. The van der Waals surface area contributed by atoms with Gasteiger partial charge in [0.15, 0.2) is 0 Å². The first kappa shape index (κ1) is 19.0. The minimum Gasteiger partial charge on any atom is -0.465 e. The fourth-order valence-electron chi connectivity index (χ4n) is 2.58. The summed E-state index contributed by atoms with van der Waals surface area (Å²) in [4.78, 5) is 23.5. The number of esters is 2. The van der Waals surface area contributed by atoms with Crippen molar-refractivity contribution in [1.82, 2.24) is 0 Å². The summed E-state index contributed by atoms with van der Waals surface area (Å²) in [5.74, 6) is -0.328. The van der Waals surface area contributed by atoms with E-state index < -0.39 is 0 Å². The zero-order valence-corrected chi connectivity index (χ0v) is 15.0. The first-order valence-corrected chi connectivity index (χ1v) is 8.91. The summed E-state index contributed by atoms with van der Waals surface area (Å²) < 4.78 is 10.4. The molecule has 0 spiro atoms. The molecular weight excluding hydrogens is 316 g/mol. The monoisotopic (exact) mass is 342 g/mol. The molecule has 0 amide bonds. The molecule has 2 aromatic carbocycles. The Hall–Kier alpha value is -2.36. The van der Waals surface area contributed by atoms with Gasteiger partial charge in [-0.1, -0.05) is 63.1 Å². The van der Waals surface area contributed by atoms with Crippen molar-refractivity contribution in [2.24, 2.45) is 5.92 Å². The van der Waals surface area contributed by atoms with E-state index in [-0.39, 0.29) is 31.4 Å². The average Bonchev–Trinajstić information content (AvgIpc) is 2.65. The van der Waals surface area contributed by atoms with E-state index in [4.69, 9.17) is 9.47 Å². The zero-order valence-electron chi connectivity index (χ0n) is 15.0. The molecule has 0 unspecified atom stereocenters. The summed E-state index contributed by atoms with van der Waals surface area (Å²) in [6.45, 7) is 4.79. The molecule has 4 nitrogen and oxygen atoms in total. The van der Waals surface area contributed by atoms with Crippen molar-refractivity contribution in [3.05, 3.63) is 48.0 Å². The van der Waals surface area contributed by atoms with E-state index in [1.54, 1.807) is 0 Å². The Morgan fingerprint density at radius 1 is 0.880 bits per heavy atom. The summed E-state index contributed by atoms with van der Waals surface area (Å²) in [6.07, 6.45) is 2.08. The van der Waals surface area contributed by atoms with Gasteiger partial charge in [0.05, 0.1) is 19.4 Å². The number of benzene rings is 2. The third kappa shape index (κ3) is 6.22. The molecule has 0 aliphatic rings. The molecule has 134 valence electrons. The van der Waals surface area contributed by atoms with E-state index in [9.17, 15) is 9.59 Å². The summed E-state index contributed by atoms with van der Waals surface area (Å²) in [6, 6.07) is 14.0. The average molecular weight is 342 g/mol. The van der Waals surface area contributed by atoms with Gasteiger partial charge < -0.3 is 9.47 Å². The molecule has 2 aromatic rings. The van der Waals surface area contributed by atoms with Crippen LogP contribution in [0.5, 0.6) is 0 Å². The molecule has 0 aromatic heterocycles. The quantitative estimate of drug-likeness (QED) is 0.623. The summed E-state index contributed by atoms with van der Waals surface area (Å²) in [5.41, 5.74) is 0.934. The normalized spacial score (nSPS) is 10.8. The fourth-order valence-corrected chi connectivity index (χ4v) is 2.58. The molecule has 2 rings (SSSR count). The Bertz CT molecular complexity index is 704. The highest BCUT2D eigenvalue weighted by Crippen LogP contribution is 2.16. The van der Waals surface area contributed by atoms with E-state index >= 15 is 0 Å². The minimum atomic E-state index is -0.382. The first-order valence-electron chi connectivity index (χ1n) is 8.91. The molecule has 0 fully saturated rings. The van der Waals surface area contributed by atoms with E-state index in [0.29, 0.717) is 12.5 Å². The molecular formula is C21H26O4. The van der Waals surface area contributed by atoms with Gasteiger partial charge in [-0.3, -0.25) is 9.59 Å². The standard InChI is InChI=1S/C21H26O4/c1-3-16(4-2)14-24-20(22)11-12-21(23)25-15-17-9-10-18-7-5-6-8-19(18)13-17/h5-10,13,16H,3-4,11-12,14-15H2,1-2H3. The van der Waals surface area contributed by atoms with Crippen molar-refractivity contribution in [1.29, 1.82) is 0 Å². The highest BCUT2D eigenvalue weighted by Gasteiger charge is 2.12. The Morgan fingerprint density at radius 3 is 2.20 bits per heavy atom. The van der Waals surface area contributed by atoms with Gasteiger partial charge in [-0.15, -0.1) is 0 Å². The summed E-state index contributed by atoms with van der Waals surface area (Å²) >= 11 is 0. The molecule has 0 aliphatic carbocycles. The van der Waals surface area contributed by atoms with Crippen molar-refractivity contribution < 1.29 is 19.1 Å². The second kappa shape index (κ2) is 9.82. The lowest BCUT2D eigenvalue weighted by molar-refractivity contribution is -0.151. The number of ether oxygens (including phenoxy) is 2. The Labute approximate surface area is 149 Å². The molecule has 0 saturated carbocycles. The van der Waals surface area contributed by atoms with Crippen molar-refractivity contribution in [2.45, 2.75) is 46.1 Å². The highest BCUT2D eigenvalue weighted by molar-refractivity contribution is 5.83. The lowest BCUT2D eigenvalue weighted by Gasteiger charge is -2.12. The summed E-state index contributed by atoms with van der Waals surface area (Å²) in [5, 5.41) is 2.26. The van der Waals surface area contributed by atoms with Gasteiger partial charge in [-0.25, -0.2) is 0 Å². The molecule has 0 atom stereocenters. The van der Waals surface area contributed by atoms with Gasteiger partial charge in [0.2, 0.25) is 0 Å². The lowest BCUT2D eigenvalue weighted by atomic mass is 10.1. The lowest BCUT2D eigenvalue weighted by Crippen LogP contribution is -2.15. The van der Waals surface area contributed by atoms with Crippen LogP contribution >= 0.6 is 0 Å². The van der Waals surface area contributed by atoms with Gasteiger partial charge in [-0.05, 0) is 28.3 Å². The SMILES string of the molecule is CCC(CC)COC(=O)CCC(=O)OCc1ccc2ccccc2c1. The first-order chi connectivity index (χ1) is 12.1. The van der Waals surface area contributed by atoms with Crippen molar-refractivity contribution in [3.8, 4) is 0 Å². The number of fused-ring (bicyclic) bond motifs is 1. The fraction of sp³-hybridized carbons (Fsp3) is 0.429. The maximum absolute atomic E-state index is 11.8. The summed E-state index contributed by atoms with van der Waals surface area (Å²) in [7, 11) is 0. The zero-order chi connectivity index (χ0) is 18.1. The van der Waals surface area contributed by atoms with E-state index in [1.165, 1.54) is 0 Å². The molecule has 0 heterocycles. The topological polar surface area (TPSA) is 52.6 Å². The maximum Gasteiger partial charge on any atom is 0.306 e. The number of hydrogen-bond donors (Lipinski definition) is 0. The smallest absolute Gasteiger partial charge is 0.306 e. The number of hydrogen-bond acceptors (Lipinski definition) is 4. The molecule has 0 radical (unpaired) electrons. The van der Waals surface area contributed by atoms with Crippen LogP contribution in [0.3, 0.4) is 0 Å². The Balaban J connectivity index is 1.71. The van der Waals surface area contributed by atoms with Gasteiger partial charge in [0.25, 0.3) is 0 Å². The number of rotatable bonds is 9. The minimum absolute atomic E-state index is 0.0509. The molecule has 4 heteroatoms. The Kier molecular flexibility index (Phi) is 7.45. The molecule has 0 saturated heterocycles. The molecule has 0 bridgehead atoms. The van der Waals surface area contributed by atoms with Crippen LogP contribution in [0.25, 0.3) is 10.8 Å². The molecule has 25 heavy (non-hydrogen) atoms. The van der Waals surface area contributed by atoms with Gasteiger partial charge >= 0.3 is 11.9 Å². The van der Waals surface area contributed by atoms with Crippen LogP contribution < -0.4 is 0 Å². The second-order valence-corrected chi connectivity index (χ2v) is 6.21. The molecule has 0 N–H and O–H groups in total. The van der Waals surface area contributed by atoms with Gasteiger partial charge in [0.1, 0.15) is 6.61 Å².